The molecule has 86 valence electrons. The molecule has 0 saturated heterocycles. The lowest BCUT2D eigenvalue weighted by atomic mass is 9.98. The fourth-order valence-electron chi connectivity index (χ4n) is 1.88. The standard InChI is InChI=1S/C11H16N2.2ClH/c1-2-9-6-10-4-3-5-13-11(10)8-12-7-9;;/h3-5,9,12H,2,6-8H2,1H3;2*1H/t9-;;/m0../s1. The largest absolute Gasteiger partial charge is 0.311 e. The quantitative estimate of drug-likeness (QED) is 0.827. The molecule has 15 heavy (non-hydrogen) atoms. The summed E-state index contributed by atoms with van der Waals surface area (Å²) < 4.78 is 0. The lowest BCUT2D eigenvalue weighted by Crippen LogP contribution is -2.19. The molecule has 2 nitrogen and oxygen atoms in total. The maximum absolute atomic E-state index is 4.39. The Morgan fingerprint density at radius 2 is 2.27 bits per heavy atom. The molecule has 0 radical (unpaired) electrons. The fraction of sp³-hybridized carbons (Fsp3) is 0.545. The van der Waals surface area contributed by atoms with E-state index in [1.54, 1.807) is 0 Å². The van der Waals surface area contributed by atoms with Crippen LogP contribution in [0.1, 0.15) is 24.6 Å². The Morgan fingerprint density at radius 1 is 1.47 bits per heavy atom. The zero-order valence-corrected chi connectivity index (χ0v) is 10.5. The molecule has 2 heterocycles. The molecular formula is C11H18Cl2N2. The third-order valence-electron chi connectivity index (χ3n) is 2.80. The second kappa shape index (κ2) is 7.04. The molecule has 2 rings (SSSR count). The van der Waals surface area contributed by atoms with Crippen molar-refractivity contribution in [3.8, 4) is 0 Å². The van der Waals surface area contributed by atoms with Gasteiger partial charge in [0.2, 0.25) is 0 Å². The molecule has 0 saturated carbocycles. The molecule has 1 aliphatic rings. The molecular weight excluding hydrogens is 231 g/mol. The molecule has 1 aliphatic heterocycles. The molecule has 0 aromatic carbocycles. The lowest BCUT2D eigenvalue weighted by Gasteiger charge is -2.10. The summed E-state index contributed by atoms with van der Waals surface area (Å²) >= 11 is 0. The van der Waals surface area contributed by atoms with E-state index >= 15 is 0 Å². The van der Waals surface area contributed by atoms with Crippen LogP contribution in [0, 0.1) is 5.92 Å². The maximum Gasteiger partial charge on any atom is 0.0573 e. The smallest absolute Gasteiger partial charge is 0.0573 e. The number of halogens is 2. The highest BCUT2D eigenvalue weighted by Crippen LogP contribution is 2.17. The Morgan fingerprint density at radius 3 is 3.00 bits per heavy atom. The molecule has 0 aliphatic carbocycles. The van der Waals surface area contributed by atoms with E-state index in [0.717, 1.165) is 19.0 Å². The fourth-order valence-corrected chi connectivity index (χ4v) is 1.88. The third-order valence-corrected chi connectivity index (χ3v) is 2.80. The summed E-state index contributed by atoms with van der Waals surface area (Å²) in [6.45, 7) is 4.33. The molecule has 1 aromatic rings. The summed E-state index contributed by atoms with van der Waals surface area (Å²) in [6.07, 6.45) is 4.32. The number of hydrogen-bond acceptors (Lipinski definition) is 2. The Bertz CT molecular complexity index is 292. The molecule has 0 unspecified atom stereocenters. The lowest BCUT2D eigenvalue weighted by molar-refractivity contribution is 0.477. The minimum absolute atomic E-state index is 0. The molecule has 1 atom stereocenters. The van der Waals surface area contributed by atoms with Crippen molar-refractivity contribution in [2.24, 2.45) is 5.92 Å². The van der Waals surface area contributed by atoms with Gasteiger partial charge in [0.05, 0.1) is 5.69 Å². The first-order valence-corrected chi connectivity index (χ1v) is 5.03. The van der Waals surface area contributed by atoms with Crippen molar-refractivity contribution in [3.63, 3.8) is 0 Å². The first-order chi connectivity index (χ1) is 6.40. The van der Waals surface area contributed by atoms with Crippen LogP contribution in [-0.4, -0.2) is 11.5 Å². The van der Waals surface area contributed by atoms with E-state index in [1.165, 1.54) is 24.1 Å². The maximum atomic E-state index is 4.39. The second-order valence-corrected chi connectivity index (χ2v) is 3.72. The Balaban J connectivity index is 0.000000980. The Labute approximate surface area is 104 Å². The topological polar surface area (TPSA) is 24.9 Å². The van der Waals surface area contributed by atoms with Gasteiger partial charge in [-0.25, -0.2) is 0 Å². The van der Waals surface area contributed by atoms with Crippen molar-refractivity contribution in [2.75, 3.05) is 6.54 Å². The van der Waals surface area contributed by atoms with E-state index in [2.05, 4.69) is 23.3 Å². The number of pyridine rings is 1. The normalized spacial score (nSPS) is 19.1. The zero-order valence-electron chi connectivity index (χ0n) is 8.90. The highest BCUT2D eigenvalue weighted by Gasteiger charge is 2.14. The first kappa shape index (κ1) is 14.7. The number of rotatable bonds is 1. The van der Waals surface area contributed by atoms with Crippen molar-refractivity contribution in [1.82, 2.24) is 10.3 Å². The van der Waals surface area contributed by atoms with Crippen molar-refractivity contribution in [3.05, 3.63) is 29.6 Å². The van der Waals surface area contributed by atoms with E-state index in [-0.39, 0.29) is 24.8 Å². The van der Waals surface area contributed by atoms with Gasteiger partial charge in [-0.3, -0.25) is 4.98 Å². The molecule has 0 fully saturated rings. The summed E-state index contributed by atoms with van der Waals surface area (Å²) in [5.74, 6) is 0.783. The SMILES string of the molecule is CC[C@@H]1CNCc2ncccc2C1.Cl.Cl. The monoisotopic (exact) mass is 248 g/mol. The zero-order chi connectivity index (χ0) is 9.10. The van der Waals surface area contributed by atoms with Crippen LogP contribution >= 0.6 is 24.8 Å². The summed E-state index contributed by atoms with van der Waals surface area (Å²) in [6, 6.07) is 4.24. The molecule has 0 amide bonds. The molecule has 0 spiro atoms. The van der Waals surface area contributed by atoms with Crippen LogP contribution in [-0.2, 0) is 13.0 Å². The van der Waals surface area contributed by atoms with Crippen LogP contribution in [0.2, 0.25) is 0 Å². The van der Waals surface area contributed by atoms with Crippen molar-refractivity contribution in [1.29, 1.82) is 0 Å². The van der Waals surface area contributed by atoms with Crippen molar-refractivity contribution < 1.29 is 0 Å². The van der Waals surface area contributed by atoms with Gasteiger partial charge in [0.15, 0.2) is 0 Å². The van der Waals surface area contributed by atoms with Gasteiger partial charge in [0, 0.05) is 12.7 Å². The molecule has 1 aromatic heterocycles. The average Bonchev–Trinajstić information content (AvgIpc) is 2.38. The van der Waals surface area contributed by atoms with Crippen LogP contribution in [0.4, 0.5) is 0 Å². The Hall–Kier alpha value is -0.310. The second-order valence-electron chi connectivity index (χ2n) is 3.72. The molecule has 4 heteroatoms. The van der Waals surface area contributed by atoms with E-state index in [4.69, 9.17) is 0 Å². The van der Waals surface area contributed by atoms with E-state index < -0.39 is 0 Å². The minimum atomic E-state index is 0. The average molecular weight is 249 g/mol. The van der Waals surface area contributed by atoms with E-state index in [1.807, 2.05) is 12.3 Å². The number of nitrogens with one attached hydrogen (secondary N) is 1. The summed E-state index contributed by atoms with van der Waals surface area (Å²) in [5.41, 5.74) is 2.66. The van der Waals surface area contributed by atoms with Gasteiger partial charge >= 0.3 is 0 Å². The Kier molecular flexibility index (Phi) is 6.90. The van der Waals surface area contributed by atoms with Crippen LogP contribution in [0.15, 0.2) is 18.3 Å². The van der Waals surface area contributed by atoms with Crippen LogP contribution in [0.3, 0.4) is 0 Å². The summed E-state index contributed by atoms with van der Waals surface area (Å²) in [5, 5.41) is 3.44. The molecule has 0 bridgehead atoms. The van der Waals surface area contributed by atoms with Gasteiger partial charge in [-0.1, -0.05) is 19.4 Å². The van der Waals surface area contributed by atoms with Crippen LogP contribution < -0.4 is 5.32 Å². The van der Waals surface area contributed by atoms with Gasteiger partial charge in [-0.2, -0.15) is 0 Å². The number of nitrogens with zero attached hydrogens (tertiary/aromatic N) is 1. The van der Waals surface area contributed by atoms with Crippen molar-refractivity contribution >= 4 is 24.8 Å². The summed E-state index contributed by atoms with van der Waals surface area (Å²) in [4.78, 5) is 4.39. The number of fused-ring (bicyclic) bond motifs is 1. The highest BCUT2D eigenvalue weighted by atomic mass is 35.5. The van der Waals surface area contributed by atoms with Crippen LogP contribution in [0.25, 0.3) is 0 Å². The van der Waals surface area contributed by atoms with Gasteiger partial charge < -0.3 is 5.32 Å². The molecule has 1 N–H and O–H groups in total. The predicted molar refractivity (Wildman–Crippen MR) is 67.9 cm³/mol. The third kappa shape index (κ3) is 3.63. The van der Waals surface area contributed by atoms with Crippen molar-refractivity contribution in [2.45, 2.75) is 26.3 Å². The van der Waals surface area contributed by atoms with Gasteiger partial charge in [-0.15, -0.1) is 24.8 Å². The first-order valence-electron chi connectivity index (χ1n) is 5.03. The number of hydrogen-bond donors (Lipinski definition) is 1. The summed E-state index contributed by atoms with van der Waals surface area (Å²) in [7, 11) is 0. The van der Waals surface area contributed by atoms with Gasteiger partial charge in [-0.05, 0) is 30.5 Å². The van der Waals surface area contributed by atoms with Gasteiger partial charge in [0.25, 0.3) is 0 Å². The number of aromatic nitrogens is 1. The minimum Gasteiger partial charge on any atom is -0.311 e. The van der Waals surface area contributed by atoms with E-state index in [0.29, 0.717) is 0 Å². The predicted octanol–water partition coefficient (Wildman–Crippen LogP) is 2.60. The van der Waals surface area contributed by atoms with E-state index in [9.17, 15) is 0 Å². The van der Waals surface area contributed by atoms with Crippen LogP contribution in [0.5, 0.6) is 0 Å². The van der Waals surface area contributed by atoms with Gasteiger partial charge in [0.1, 0.15) is 0 Å². The highest BCUT2D eigenvalue weighted by molar-refractivity contribution is 5.85.